The van der Waals surface area contributed by atoms with E-state index in [1.54, 1.807) is 11.0 Å². The van der Waals surface area contributed by atoms with E-state index in [2.05, 4.69) is 20.8 Å². The number of hydrogen-bond acceptors (Lipinski definition) is 3. The first kappa shape index (κ1) is 16.6. The third kappa shape index (κ3) is 3.90. The highest BCUT2D eigenvalue weighted by Crippen LogP contribution is 2.40. The fraction of sp³-hybridized carbons (Fsp3) is 0.647. The van der Waals surface area contributed by atoms with Gasteiger partial charge in [0.2, 0.25) is 5.91 Å². The van der Waals surface area contributed by atoms with Gasteiger partial charge < -0.3 is 15.4 Å². The van der Waals surface area contributed by atoms with Gasteiger partial charge in [-0.2, -0.15) is 0 Å². The van der Waals surface area contributed by atoms with Gasteiger partial charge in [-0.1, -0.05) is 25.5 Å². The Kier molecular flexibility index (Phi) is 4.94. The molecule has 0 unspecified atom stereocenters. The molecular formula is C17H26N2O3. The van der Waals surface area contributed by atoms with Crippen LogP contribution in [0, 0.1) is 5.41 Å². The lowest BCUT2D eigenvalue weighted by Crippen LogP contribution is -2.30. The smallest absolute Gasteiger partial charge is 0.404 e. The Labute approximate surface area is 132 Å². The zero-order chi connectivity index (χ0) is 16.3. The van der Waals surface area contributed by atoms with Crippen LogP contribution in [0.25, 0.3) is 0 Å². The van der Waals surface area contributed by atoms with Gasteiger partial charge in [0, 0.05) is 19.0 Å². The Hall–Kier alpha value is -1.78. The Bertz CT molecular complexity index is 520. The molecule has 2 amide bonds. The van der Waals surface area contributed by atoms with Gasteiger partial charge in [-0.3, -0.25) is 4.79 Å². The van der Waals surface area contributed by atoms with Crippen LogP contribution < -0.4 is 5.73 Å². The zero-order valence-corrected chi connectivity index (χ0v) is 13.7. The highest BCUT2D eigenvalue weighted by molar-refractivity contribution is 5.88. The molecule has 0 radical (unpaired) electrons. The fourth-order valence-corrected chi connectivity index (χ4v) is 3.46. The molecule has 1 fully saturated rings. The number of likely N-dealkylation sites (tertiary alicyclic amines) is 1. The molecule has 1 atom stereocenters. The van der Waals surface area contributed by atoms with Crippen LogP contribution >= 0.6 is 0 Å². The number of rotatable bonds is 3. The standard InChI is InChI=1S/C17H26N2O3/c1-12-5-4-9-17(2,3)14(12)6-7-15(20)19-10-8-13(11-19)22-16(18)21/h6-7,13H,4-5,8-11H2,1-3H3,(H2,18,21)/b7-6+/t13-/m0/s1. The maximum atomic E-state index is 12.3. The lowest BCUT2D eigenvalue weighted by Gasteiger charge is -2.32. The molecule has 1 heterocycles. The van der Waals surface area contributed by atoms with Crippen molar-refractivity contribution in [2.24, 2.45) is 11.1 Å². The molecule has 1 aliphatic carbocycles. The summed E-state index contributed by atoms with van der Waals surface area (Å²) in [6.45, 7) is 7.63. The van der Waals surface area contributed by atoms with Crippen LogP contribution in [0.2, 0.25) is 0 Å². The van der Waals surface area contributed by atoms with Crippen molar-refractivity contribution in [2.45, 2.75) is 52.6 Å². The molecule has 22 heavy (non-hydrogen) atoms. The summed E-state index contributed by atoms with van der Waals surface area (Å²) in [5.74, 6) is -0.0303. The van der Waals surface area contributed by atoms with Gasteiger partial charge in [-0.05, 0) is 37.2 Å². The molecule has 1 saturated heterocycles. The second-order valence-electron chi connectivity index (χ2n) is 6.90. The summed E-state index contributed by atoms with van der Waals surface area (Å²) in [7, 11) is 0. The molecule has 5 nitrogen and oxygen atoms in total. The number of nitrogens with two attached hydrogens (primary N) is 1. The number of nitrogens with zero attached hydrogens (tertiary/aromatic N) is 1. The molecule has 0 spiro atoms. The van der Waals surface area contributed by atoms with E-state index in [4.69, 9.17) is 10.5 Å². The van der Waals surface area contributed by atoms with E-state index in [1.807, 2.05) is 6.08 Å². The Morgan fingerprint density at radius 3 is 2.77 bits per heavy atom. The molecule has 2 N–H and O–H groups in total. The molecular weight excluding hydrogens is 280 g/mol. The van der Waals surface area contributed by atoms with Gasteiger partial charge in [-0.25, -0.2) is 4.79 Å². The lowest BCUT2D eigenvalue weighted by atomic mass is 9.72. The van der Waals surface area contributed by atoms with Crippen molar-refractivity contribution in [3.05, 3.63) is 23.3 Å². The minimum absolute atomic E-state index is 0.0303. The van der Waals surface area contributed by atoms with Crippen molar-refractivity contribution in [1.82, 2.24) is 4.90 Å². The average molecular weight is 306 g/mol. The minimum atomic E-state index is -0.778. The molecule has 5 heteroatoms. The SMILES string of the molecule is CC1=C(/C=C/C(=O)N2CC[C@H](OC(N)=O)C2)C(C)(C)CCC1. The third-order valence-electron chi connectivity index (χ3n) is 4.67. The quantitative estimate of drug-likeness (QED) is 0.815. The summed E-state index contributed by atoms with van der Waals surface area (Å²) in [5, 5.41) is 0. The molecule has 0 bridgehead atoms. The van der Waals surface area contributed by atoms with E-state index >= 15 is 0 Å². The summed E-state index contributed by atoms with van der Waals surface area (Å²) >= 11 is 0. The van der Waals surface area contributed by atoms with Crippen molar-refractivity contribution in [1.29, 1.82) is 0 Å². The van der Waals surface area contributed by atoms with Crippen LogP contribution in [0.4, 0.5) is 4.79 Å². The molecule has 2 rings (SSSR count). The third-order valence-corrected chi connectivity index (χ3v) is 4.67. The van der Waals surface area contributed by atoms with Crippen LogP contribution in [0.15, 0.2) is 23.3 Å². The van der Waals surface area contributed by atoms with E-state index < -0.39 is 6.09 Å². The predicted molar refractivity (Wildman–Crippen MR) is 85.1 cm³/mol. The molecule has 2 aliphatic rings. The number of hydrogen-bond donors (Lipinski definition) is 1. The van der Waals surface area contributed by atoms with Crippen LogP contribution in [0.5, 0.6) is 0 Å². The highest BCUT2D eigenvalue weighted by Gasteiger charge is 2.29. The molecule has 0 saturated carbocycles. The van der Waals surface area contributed by atoms with Gasteiger partial charge >= 0.3 is 6.09 Å². The number of allylic oxidation sites excluding steroid dienone is 3. The Balaban J connectivity index is 1.99. The monoisotopic (exact) mass is 306 g/mol. The van der Waals surface area contributed by atoms with E-state index in [0.29, 0.717) is 19.5 Å². The summed E-state index contributed by atoms with van der Waals surface area (Å²) in [6, 6.07) is 0. The first-order valence-electron chi connectivity index (χ1n) is 7.93. The van der Waals surface area contributed by atoms with Crippen LogP contribution in [-0.2, 0) is 9.53 Å². The number of carbonyl (C=O) groups excluding carboxylic acids is 2. The topological polar surface area (TPSA) is 72.6 Å². The highest BCUT2D eigenvalue weighted by atomic mass is 16.6. The molecule has 0 aromatic rings. The summed E-state index contributed by atoms with van der Waals surface area (Å²) < 4.78 is 4.95. The minimum Gasteiger partial charge on any atom is -0.444 e. The largest absolute Gasteiger partial charge is 0.444 e. The van der Waals surface area contributed by atoms with Crippen molar-refractivity contribution in [2.75, 3.05) is 13.1 Å². The van der Waals surface area contributed by atoms with Gasteiger partial charge in [0.1, 0.15) is 6.10 Å². The van der Waals surface area contributed by atoms with Gasteiger partial charge in [0.15, 0.2) is 0 Å². The predicted octanol–water partition coefficient (Wildman–Crippen LogP) is 2.77. The first-order chi connectivity index (χ1) is 10.3. The summed E-state index contributed by atoms with van der Waals surface area (Å²) in [5.41, 5.74) is 7.78. The molecule has 1 aliphatic heterocycles. The fourth-order valence-electron chi connectivity index (χ4n) is 3.46. The Morgan fingerprint density at radius 1 is 1.41 bits per heavy atom. The molecule has 0 aromatic heterocycles. The average Bonchev–Trinajstić information content (AvgIpc) is 2.84. The van der Waals surface area contributed by atoms with Crippen molar-refractivity contribution >= 4 is 12.0 Å². The van der Waals surface area contributed by atoms with Crippen LogP contribution in [0.3, 0.4) is 0 Å². The van der Waals surface area contributed by atoms with Crippen molar-refractivity contribution < 1.29 is 14.3 Å². The van der Waals surface area contributed by atoms with Gasteiger partial charge in [-0.15, -0.1) is 0 Å². The lowest BCUT2D eigenvalue weighted by molar-refractivity contribution is -0.125. The normalized spacial score (nSPS) is 24.9. The maximum absolute atomic E-state index is 12.3. The summed E-state index contributed by atoms with van der Waals surface area (Å²) in [6.07, 6.45) is 6.68. The van der Waals surface area contributed by atoms with E-state index in [1.165, 1.54) is 17.6 Å². The second-order valence-corrected chi connectivity index (χ2v) is 6.90. The molecule has 122 valence electrons. The van der Waals surface area contributed by atoms with Crippen LogP contribution in [0.1, 0.15) is 46.5 Å². The zero-order valence-electron chi connectivity index (χ0n) is 13.7. The number of primary amides is 1. The summed E-state index contributed by atoms with van der Waals surface area (Å²) in [4.78, 5) is 24.7. The van der Waals surface area contributed by atoms with E-state index in [-0.39, 0.29) is 17.4 Å². The first-order valence-corrected chi connectivity index (χ1v) is 7.93. The van der Waals surface area contributed by atoms with Gasteiger partial charge in [0.05, 0.1) is 6.54 Å². The van der Waals surface area contributed by atoms with Crippen molar-refractivity contribution in [3.63, 3.8) is 0 Å². The van der Waals surface area contributed by atoms with Crippen molar-refractivity contribution in [3.8, 4) is 0 Å². The number of carbonyl (C=O) groups is 2. The van der Waals surface area contributed by atoms with E-state index in [0.717, 1.165) is 12.8 Å². The van der Waals surface area contributed by atoms with Crippen LogP contribution in [-0.4, -0.2) is 36.1 Å². The second kappa shape index (κ2) is 6.55. The number of ether oxygens (including phenoxy) is 1. The number of amides is 2. The van der Waals surface area contributed by atoms with E-state index in [9.17, 15) is 9.59 Å². The Morgan fingerprint density at radius 2 is 2.14 bits per heavy atom. The molecule has 0 aromatic carbocycles. The van der Waals surface area contributed by atoms with Gasteiger partial charge in [0.25, 0.3) is 0 Å². The maximum Gasteiger partial charge on any atom is 0.404 e.